The lowest BCUT2D eigenvalue weighted by Crippen LogP contribution is -2.48. The molecule has 0 aliphatic carbocycles. The molecule has 0 saturated carbocycles. The number of nitrogens with zero attached hydrogens (tertiary/aromatic N) is 2. The summed E-state index contributed by atoms with van der Waals surface area (Å²) < 4.78 is 0. The Morgan fingerprint density at radius 1 is 1.67 bits per heavy atom. The summed E-state index contributed by atoms with van der Waals surface area (Å²) in [6.07, 6.45) is 4.28. The largest absolute Gasteiger partial charge is 0.352 e. The van der Waals surface area contributed by atoms with E-state index in [4.69, 9.17) is 0 Å². The van der Waals surface area contributed by atoms with E-state index in [0.717, 1.165) is 17.7 Å². The molecule has 1 aromatic rings. The second-order valence-corrected chi connectivity index (χ2v) is 5.52. The van der Waals surface area contributed by atoms with Crippen LogP contribution < -0.4 is 5.32 Å². The number of likely N-dealkylation sites (tertiary alicyclic amines) is 1. The summed E-state index contributed by atoms with van der Waals surface area (Å²) in [5.41, 5.74) is 1.77. The molecule has 0 aromatic carbocycles. The minimum atomic E-state index is 0.0520. The number of likely N-dealkylation sites (N-methyl/N-ethyl adjacent to an activating group) is 1. The predicted octanol–water partition coefficient (Wildman–Crippen LogP) is 0.813. The summed E-state index contributed by atoms with van der Waals surface area (Å²) in [5, 5.41) is 2.98. The number of piperidine rings is 1. The van der Waals surface area contributed by atoms with Gasteiger partial charge in [-0.25, -0.2) is 0 Å². The molecule has 1 aliphatic heterocycles. The SMILES string of the molecule is CN1CC(NC(=O)CCc2cncs2)CCC1=O. The van der Waals surface area contributed by atoms with Crippen LogP contribution in [0.4, 0.5) is 0 Å². The number of hydrogen-bond donors (Lipinski definition) is 1. The monoisotopic (exact) mass is 267 g/mol. The fourth-order valence-electron chi connectivity index (χ4n) is 2.03. The van der Waals surface area contributed by atoms with Gasteiger partial charge in [0.1, 0.15) is 0 Å². The topological polar surface area (TPSA) is 62.3 Å². The first-order chi connectivity index (χ1) is 8.65. The zero-order valence-electron chi connectivity index (χ0n) is 10.4. The maximum atomic E-state index is 11.8. The van der Waals surface area contributed by atoms with E-state index in [-0.39, 0.29) is 17.9 Å². The zero-order chi connectivity index (χ0) is 13.0. The molecular formula is C12H17N3O2S. The Kier molecular flexibility index (Phi) is 4.30. The van der Waals surface area contributed by atoms with Gasteiger partial charge in [-0.3, -0.25) is 14.6 Å². The third kappa shape index (κ3) is 3.53. The van der Waals surface area contributed by atoms with E-state index in [2.05, 4.69) is 10.3 Å². The molecule has 5 nitrogen and oxygen atoms in total. The lowest BCUT2D eigenvalue weighted by molar-refractivity contribution is -0.134. The summed E-state index contributed by atoms with van der Waals surface area (Å²) in [4.78, 5) is 29.9. The van der Waals surface area contributed by atoms with Crippen molar-refractivity contribution in [3.63, 3.8) is 0 Å². The molecule has 1 aliphatic rings. The molecule has 2 heterocycles. The van der Waals surface area contributed by atoms with Crippen molar-refractivity contribution >= 4 is 23.2 Å². The minimum Gasteiger partial charge on any atom is -0.352 e. The molecular weight excluding hydrogens is 250 g/mol. The first kappa shape index (κ1) is 13.0. The van der Waals surface area contributed by atoms with Crippen molar-refractivity contribution in [2.45, 2.75) is 31.7 Å². The highest BCUT2D eigenvalue weighted by molar-refractivity contribution is 7.09. The van der Waals surface area contributed by atoms with E-state index in [1.54, 1.807) is 35.0 Å². The number of hydrogen-bond acceptors (Lipinski definition) is 4. The number of carbonyl (C=O) groups is 2. The molecule has 0 radical (unpaired) electrons. The molecule has 6 heteroatoms. The molecule has 0 spiro atoms. The van der Waals surface area contributed by atoms with Crippen molar-refractivity contribution in [1.82, 2.24) is 15.2 Å². The highest BCUT2D eigenvalue weighted by atomic mass is 32.1. The zero-order valence-corrected chi connectivity index (χ0v) is 11.2. The predicted molar refractivity (Wildman–Crippen MR) is 69.2 cm³/mol. The van der Waals surface area contributed by atoms with Gasteiger partial charge >= 0.3 is 0 Å². The van der Waals surface area contributed by atoms with Gasteiger partial charge in [0.2, 0.25) is 11.8 Å². The van der Waals surface area contributed by atoms with Gasteiger partial charge in [-0.2, -0.15) is 0 Å². The van der Waals surface area contributed by atoms with Gasteiger partial charge < -0.3 is 10.2 Å². The Labute approximate surface area is 110 Å². The Morgan fingerprint density at radius 2 is 2.50 bits per heavy atom. The van der Waals surface area contributed by atoms with Crippen LogP contribution in [0.3, 0.4) is 0 Å². The Balaban J connectivity index is 1.72. The average Bonchev–Trinajstić information content (AvgIpc) is 2.84. The average molecular weight is 267 g/mol. The Hall–Kier alpha value is -1.43. The highest BCUT2D eigenvalue weighted by Crippen LogP contribution is 2.11. The lowest BCUT2D eigenvalue weighted by Gasteiger charge is -2.30. The third-order valence-electron chi connectivity index (χ3n) is 3.07. The first-order valence-corrected chi connectivity index (χ1v) is 6.94. The molecule has 98 valence electrons. The van der Waals surface area contributed by atoms with Crippen LogP contribution in [0.5, 0.6) is 0 Å². The maximum absolute atomic E-state index is 11.8. The van der Waals surface area contributed by atoms with Gasteiger partial charge in [-0.15, -0.1) is 11.3 Å². The Morgan fingerprint density at radius 3 is 3.17 bits per heavy atom. The normalized spacial score (nSPS) is 19.9. The van der Waals surface area contributed by atoms with E-state index in [1.165, 1.54) is 0 Å². The lowest BCUT2D eigenvalue weighted by atomic mass is 10.1. The van der Waals surface area contributed by atoms with Gasteiger partial charge in [0, 0.05) is 43.5 Å². The van der Waals surface area contributed by atoms with Gasteiger partial charge in [-0.05, 0) is 12.8 Å². The maximum Gasteiger partial charge on any atom is 0.222 e. The number of thiazole rings is 1. The van der Waals surface area contributed by atoms with Crippen molar-refractivity contribution in [1.29, 1.82) is 0 Å². The Bertz CT molecular complexity index is 419. The number of amides is 2. The van der Waals surface area contributed by atoms with Gasteiger partial charge in [0.25, 0.3) is 0 Å². The number of aryl methyl sites for hydroxylation is 1. The number of rotatable bonds is 4. The summed E-state index contributed by atoms with van der Waals surface area (Å²) in [7, 11) is 1.78. The molecule has 2 rings (SSSR count). The van der Waals surface area contributed by atoms with E-state index in [0.29, 0.717) is 19.4 Å². The summed E-state index contributed by atoms with van der Waals surface area (Å²) in [6.45, 7) is 0.616. The van der Waals surface area contributed by atoms with Gasteiger partial charge in [0.15, 0.2) is 0 Å². The van der Waals surface area contributed by atoms with Crippen LogP contribution in [-0.2, 0) is 16.0 Å². The van der Waals surface area contributed by atoms with Crippen molar-refractivity contribution in [2.24, 2.45) is 0 Å². The standard InChI is InChI=1S/C12H17N3O2S/c1-15-7-9(2-5-12(15)17)14-11(16)4-3-10-6-13-8-18-10/h6,8-9H,2-5,7H2,1H3,(H,14,16). The third-order valence-corrected chi connectivity index (χ3v) is 3.91. The molecule has 1 saturated heterocycles. The molecule has 18 heavy (non-hydrogen) atoms. The second-order valence-electron chi connectivity index (χ2n) is 4.55. The molecule has 1 atom stereocenters. The van der Waals surface area contributed by atoms with E-state index in [9.17, 15) is 9.59 Å². The van der Waals surface area contributed by atoms with Crippen LogP contribution >= 0.6 is 11.3 Å². The van der Waals surface area contributed by atoms with E-state index in [1.807, 2.05) is 0 Å². The first-order valence-electron chi connectivity index (χ1n) is 6.06. The molecule has 0 bridgehead atoms. The summed E-state index contributed by atoms with van der Waals surface area (Å²) >= 11 is 1.57. The van der Waals surface area contributed by atoms with Crippen LogP contribution in [0.25, 0.3) is 0 Å². The smallest absolute Gasteiger partial charge is 0.222 e. The molecule has 1 unspecified atom stereocenters. The van der Waals surface area contributed by atoms with Crippen molar-refractivity contribution in [3.8, 4) is 0 Å². The summed E-state index contributed by atoms with van der Waals surface area (Å²) in [5.74, 6) is 0.210. The van der Waals surface area contributed by atoms with Crippen molar-refractivity contribution < 1.29 is 9.59 Å². The quantitative estimate of drug-likeness (QED) is 0.878. The minimum absolute atomic E-state index is 0.0520. The van der Waals surface area contributed by atoms with Crippen molar-refractivity contribution in [3.05, 3.63) is 16.6 Å². The highest BCUT2D eigenvalue weighted by Gasteiger charge is 2.23. The van der Waals surface area contributed by atoms with E-state index >= 15 is 0 Å². The van der Waals surface area contributed by atoms with Crippen LogP contribution in [0.1, 0.15) is 24.1 Å². The molecule has 1 fully saturated rings. The van der Waals surface area contributed by atoms with E-state index < -0.39 is 0 Å². The molecule has 1 N–H and O–H groups in total. The number of aromatic nitrogens is 1. The van der Waals surface area contributed by atoms with Gasteiger partial charge in [-0.1, -0.05) is 0 Å². The van der Waals surface area contributed by atoms with Crippen molar-refractivity contribution in [2.75, 3.05) is 13.6 Å². The fourth-order valence-corrected chi connectivity index (χ4v) is 2.63. The fraction of sp³-hybridized carbons (Fsp3) is 0.583. The number of nitrogens with one attached hydrogen (secondary N) is 1. The van der Waals surface area contributed by atoms with Crippen LogP contribution in [0.15, 0.2) is 11.7 Å². The van der Waals surface area contributed by atoms with Crippen LogP contribution in [0.2, 0.25) is 0 Å². The molecule has 1 aromatic heterocycles. The second kappa shape index (κ2) is 5.95. The van der Waals surface area contributed by atoms with Crippen LogP contribution in [-0.4, -0.2) is 41.3 Å². The summed E-state index contributed by atoms with van der Waals surface area (Å²) in [6, 6.07) is 0.0988. The molecule has 2 amide bonds. The van der Waals surface area contributed by atoms with Crippen LogP contribution in [0, 0.1) is 0 Å². The number of carbonyl (C=O) groups excluding carboxylic acids is 2. The van der Waals surface area contributed by atoms with Gasteiger partial charge in [0.05, 0.1) is 5.51 Å².